The third-order valence-corrected chi connectivity index (χ3v) is 4.43. The number of benzene rings is 1. The Kier molecular flexibility index (Phi) is 5.21. The summed E-state index contributed by atoms with van der Waals surface area (Å²) in [6, 6.07) is 2.67. The van der Waals surface area contributed by atoms with Gasteiger partial charge < -0.3 is 0 Å². The lowest BCUT2D eigenvalue weighted by atomic mass is 9.83. The SMILES string of the molecule is C=C(C)/C(C)=C(\C1=CC=CCC1=O)c1cc(C(F)(F)F)c(C)cc1C. The van der Waals surface area contributed by atoms with Gasteiger partial charge >= 0.3 is 6.18 Å². The van der Waals surface area contributed by atoms with E-state index in [0.29, 0.717) is 27.8 Å². The number of aryl methyl sites for hydroxylation is 2. The van der Waals surface area contributed by atoms with E-state index in [2.05, 4.69) is 6.58 Å². The first-order valence-corrected chi connectivity index (χ1v) is 8.00. The minimum atomic E-state index is -4.44. The molecule has 0 fully saturated rings. The van der Waals surface area contributed by atoms with Crippen molar-refractivity contribution in [3.05, 3.63) is 75.9 Å². The number of halogens is 3. The van der Waals surface area contributed by atoms with Crippen LogP contribution in [0.15, 0.2) is 53.7 Å². The highest BCUT2D eigenvalue weighted by molar-refractivity contribution is 6.13. The second kappa shape index (κ2) is 6.87. The summed E-state index contributed by atoms with van der Waals surface area (Å²) in [5, 5.41) is 0. The summed E-state index contributed by atoms with van der Waals surface area (Å²) in [5.74, 6) is -0.105. The lowest BCUT2D eigenvalue weighted by Gasteiger charge is -2.21. The van der Waals surface area contributed by atoms with E-state index in [4.69, 9.17) is 0 Å². The molecule has 0 heterocycles. The number of allylic oxidation sites excluding steroid dienone is 7. The lowest BCUT2D eigenvalue weighted by Crippen LogP contribution is -2.12. The number of hydrogen-bond acceptors (Lipinski definition) is 1. The molecule has 132 valence electrons. The Labute approximate surface area is 146 Å². The molecule has 25 heavy (non-hydrogen) atoms. The molecule has 0 unspecified atom stereocenters. The summed E-state index contributed by atoms with van der Waals surface area (Å²) in [6.45, 7) is 10.7. The van der Waals surface area contributed by atoms with Crippen molar-refractivity contribution in [2.24, 2.45) is 0 Å². The van der Waals surface area contributed by atoms with Gasteiger partial charge in [-0.15, -0.1) is 0 Å². The van der Waals surface area contributed by atoms with Crippen LogP contribution >= 0.6 is 0 Å². The van der Waals surface area contributed by atoms with E-state index in [1.54, 1.807) is 39.0 Å². The molecule has 0 spiro atoms. The minimum Gasteiger partial charge on any atom is -0.294 e. The number of Topliss-reactive ketones (excluding diaryl/α,β-unsaturated/α-hetero) is 1. The van der Waals surface area contributed by atoms with Crippen LogP contribution in [-0.4, -0.2) is 5.78 Å². The first-order chi connectivity index (χ1) is 11.5. The molecule has 4 heteroatoms. The molecule has 1 aromatic carbocycles. The first-order valence-electron chi connectivity index (χ1n) is 8.00. The maximum absolute atomic E-state index is 13.4. The average Bonchev–Trinajstić information content (AvgIpc) is 2.49. The Bertz CT molecular complexity index is 833. The summed E-state index contributed by atoms with van der Waals surface area (Å²) >= 11 is 0. The van der Waals surface area contributed by atoms with Crippen LogP contribution in [0.5, 0.6) is 0 Å². The van der Waals surface area contributed by atoms with E-state index in [0.717, 1.165) is 11.6 Å². The minimum absolute atomic E-state index is 0.105. The number of carbonyl (C=O) groups excluding carboxylic acids is 1. The van der Waals surface area contributed by atoms with Crippen LogP contribution in [0, 0.1) is 13.8 Å². The number of rotatable bonds is 3. The summed E-state index contributed by atoms with van der Waals surface area (Å²) in [6.07, 6.45) is 0.967. The van der Waals surface area contributed by atoms with E-state index in [-0.39, 0.29) is 17.8 Å². The highest BCUT2D eigenvalue weighted by Crippen LogP contribution is 2.39. The van der Waals surface area contributed by atoms with Gasteiger partial charge in [-0.25, -0.2) is 0 Å². The van der Waals surface area contributed by atoms with Gasteiger partial charge in [0.1, 0.15) is 0 Å². The van der Waals surface area contributed by atoms with Crippen molar-refractivity contribution in [2.75, 3.05) is 0 Å². The fraction of sp³-hybridized carbons (Fsp3) is 0.286. The highest BCUT2D eigenvalue weighted by atomic mass is 19.4. The van der Waals surface area contributed by atoms with Gasteiger partial charge in [0, 0.05) is 12.0 Å². The first kappa shape index (κ1) is 19.0. The molecule has 0 atom stereocenters. The Morgan fingerprint density at radius 2 is 1.76 bits per heavy atom. The second-order valence-electron chi connectivity index (χ2n) is 6.40. The zero-order valence-electron chi connectivity index (χ0n) is 14.8. The van der Waals surface area contributed by atoms with Crippen LogP contribution in [0.25, 0.3) is 5.57 Å². The van der Waals surface area contributed by atoms with Crippen LogP contribution in [-0.2, 0) is 11.0 Å². The third-order valence-electron chi connectivity index (χ3n) is 4.43. The molecule has 1 aliphatic rings. The van der Waals surface area contributed by atoms with Gasteiger partial charge in [-0.2, -0.15) is 13.2 Å². The third kappa shape index (κ3) is 3.84. The van der Waals surface area contributed by atoms with Crippen molar-refractivity contribution in [1.29, 1.82) is 0 Å². The molecule has 1 aromatic rings. The zero-order chi connectivity index (χ0) is 18.9. The smallest absolute Gasteiger partial charge is 0.294 e. The molecule has 0 aliphatic heterocycles. The Morgan fingerprint density at radius 3 is 2.28 bits per heavy atom. The predicted molar refractivity (Wildman–Crippen MR) is 95.2 cm³/mol. The van der Waals surface area contributed by atoms with Crippen molar-refractivity contribution >= 4 is 11.4 Å². The van der Waals surface area contributed by atoms with Gasteiger partial charge in [-0.05, 0) is 61.6 Å². The van der Waals surface area contributed by atoms with E-state index in [1.165, 1.54) is 13.0 Å². The molecular formula is C21H21F3O. The van der Waals surface area contributed by atoms with Gasteiger partial charge in [0.25, 0.3) is 0 Å². The number of carbonyl (C=O) groups is 1. The normalized spacial score (nSPS) is 15.8. The number of ketones is 1. The molecule has 1 aliphatic carbocycles. The molecule has 0 saturated heterocycles. The molecule has 0 bridgehead atoms. The number of alkyl halides is 3. The Morgan fingerprint density at radius 1 is 1.12 bits per heavy atom. The van der Waals surface area contributed by atoms with Crippen molar-refractivity contribution in [2.45, 2.75) is 40.3 Å². The monoisotopic (exact) mass is 346 g/mol. The average molecular weight is 346 g/mol. The van der Waals surface area contributed by atoms with Crippen LogP contribution in [0.1, 0.15) is 42.5 Å². The topological polar surface area (TPSA) is 17.1 Å². The van der Waals surface area contributed by atoms with E-state index >= 15 is 0 Å². The molecule has 2 rings (SSSR count). The molecular weight excluding hydrogens is 325 g/mol. The maximum atomic E-state index is 13.4. The molecule has 0 aromatic heterocycles. The molecule has 0 radical (unpaired) electrons. The summed E-state index contributed by atoms with van der Waals surface area (Å²) in [4.78, 5) is 12.4. The number of hydrogen-bond donors (Lipinski definition) is 0. The van der Waals surface area contributed by atoms with Crippen LogP contribution in [0.3, 0.4) is 0 Å². The van der Waals surface area contributed by atoms with Crippen LogP contribution in [0.4, 0.5) is 13.2 Å². The lowest BCUT2D eigenvalue weighted by molar-refractivity contribution is -0.138. The summed E-state index contributed by atoms with van der Waals surface area (Å²) in [7, 11) is 0. The zero-order valence-corrected chi connectivity index (χ0v) is 14.8. The second-order valence-corrected chi connectivity index (χ2v) is 6.40. The van der Waals surface area contributed by atoms with Gasteiger partial charge in [-0.1, -0.05) is 36.4 Å². The van der Waals surface area contributed by atoms with Crippen molar-refractivity contribution in [3.63, 3.8) is 0 Å². The van der Waals surface area contributed by atoms with E-state index < -0.39 is 11.7 Å². The van der Waals surface area contributed by atoms with Crippen LogP contribution < -0.4 is 0 Å². The summed E-state index contributed by atoms with van der Waals surface area (Å²) < 4.78 is 40.1. The molecule has 0 N–H and O–H groups in total. The standard InChI is InChI=1S/C21H21F3O/c1-12(2)15(5)20(16-8-6-7-9-19(16)25)17-11-18(21(22,23)24)14(4)10-13(17)3/h6-8,10-11H,1,9H2,2-5H3/b20-15+. The Balaban J connectivity index is 2.83. The maximum Gasteiger partial charge on any atom is 0.416 e. The van der Waals surface area contributed by atoms with Crippen molar-refractivity contribution in [3.8, 4) is 0 Å². The predicted octanol–water partition coefficient (Wildman–Crippen LogP) is 6.13. The van der Waals surface area contributed by atoms with E-state index in [1.807, 2.05) is 0 Å². The van der Waals surface area contributed by atoms with Crippen LogP contribution in [0.2, 0.25) is 0 Å². The van der Waals surface area contributed by atoms with Gasteiger partial charge in [0.05, 0.1) is 5.56 Å². The molecule has 0 saturated carbocycles. The highest BCUT2D eigenvalue weighted by Gasteiger charge is 2.34. The van der Waals surface area contributed by atoms with Gasteiger partial charge in [0.2, 0.25) is 0 Å². The largest absolute Gasteiger partial charge is 0.416 e. The quantitative estimate of drug-likeness (QED) is 0.602. The van der Waals surface area contributed by atoms with Gasteiger partial charge in [-0.3, -0.25) is 4.79 Å². The Hall–Kier alpha value is -2.36. The summed E-state index contributed by atoms with van der Waals surface area (Å²) in [5.41, 5.74) is 3.01. The fourth-order valence-corrected chi connectivity index (χ4v) is 2.95. The fourth-order valence-electron chi connectivity index (χ4n) is 2.95. The van der Waals surface area contributed by atoms with Crippen molar-refractivity contribution in [1.82, 2.24) is 0 Å². The van der Waals surface area contributed by atoms with E-state index in [9.17, 15) is 18.0 Å². The molecule has 1 nitrogen and oxygen atoms in total. The van der Waals surface area contributed by atoms with Crippen molar-refractivity contribution < 1.29 is 18.0 Å². The molecule has 0 amide bonds. The van der Waals surface area contributed by atoms with Gasteiger partial charge in [0.15, 0.2) is 5.78 Å².